The lowest BCUT2D eigenvalue weighted by atomic mass is 10.2. The Morgan fingerprint density at radius 3 is 2.74 bits per heavy atom. The Morgan fingerprint density at radius 1 is 1.26 bits per heavy atom. The zero-order valence-corrected chi connectivity index (χ0v) is 11.9. The monoisotopic (exact) mass is 322 g/mol. The molecule has 2 N–H and O–H groups in total. The van der Waals surface area contributed by atoms with Gasteiger partial charge in [0, 0.05) is 18.3 Å². The molecule has 0 fully saturated rings. The van der Waals surface area contributed by atoms with Gasteiger partial charge in [-0.1, -0.05) is 12.1 Å². The maximum atomic E-state index is 12.7. The van der Waals surface area contributed by atoms with Crippen LogP contribution in [-0.2, 0) is 6.18 Å². The number of carbonyl (C=O) groups is 1. The van der Waals surface area contributed by atoms with Gasteiger partial charge in [-0.05, 0) is 18.2 Å². The molecule has 0 saturated heterocycles. The van der Waals surface area contributed by atoms with Gasteiger partial charge in [-0.3, -0.25) is 4.79 Å². The first-order chi connectivity index (χ1) is 10.9. The van der Waals surface area contributed by atoms with Gasteiger partial charge in [-0.2, -0.15) is 13.2 Å². The van der Waals surface area contributed by atoms with Crippen molar-refractivity contribution in [1.29, 1.82) is 0 Å². The topological polar surface area (TPSA) is 66.9 Å². The first-order valence-electron chi connectivity index (χ1n) is 6.55. The van der Waals surface area contributed by atoms with Crippen molar-refractivity contribution in [2.45, 2.75) is 6.18 Å². The summed E-state index contributed by atoms with van der Waals surface area (Å²) < 4.78 is 38.0. The van der Waals surface area contributed by atoms with Crippen LogP contribution in [0, 0.1) is 0 Å². The van der Waals surface area contributed by atoms with E-state index in [1.165, 1.54) is 24.3 Å². The third-order valence-electron chi connectivity index (χ3n) is 2.77. The molecule has 0 aliphatic rings. The SMILES string of the molecule is C=CCNC(=O)c1cc(Nc2cccc(C(F)(F)F)c2)ncn1. The summed E-state index contributed by atoms with van der Waals surface area (Å²) in [4.78, 5) is 19.5. The second-order valence-corrected chi connectivity index (χ2v) is 4.49. The normalized spacial score (nSPS) is 10.9. The fourth-order valence-corrected chi connectivity index (χ4v) is 1.73. The van der Waals surface area contributed by atoms with Crippen LogP contribution in [0.1, 0.15) is 16.1 Å². The minimum absolute atomic E-state index is 0.0938. The number of amides is 1. The highest BCUT2D eigenvalue weighted by molar-refractivity contribution is 5.93. The quantitative estimate of drug-likeness (QED) is 0.830. The van der Waals surface area contributed by atoms with Crippen molar-refractivity contribution in [3.05, 3.63) is 60.6 Å². The van der Waals surface area contributed by atoms with Crippen molar-refractivity contribution in [1.82, 2.24) is 15.3 Å². The number of halogens is 3. The van der Waals surface area contributed by atoms with E-state index < -0.39 is 17.6 Å². The summed E-state index contributed by atoms with van der Waals surface area (Å²) in [5.41, 5.74) is -0.479. The molecule has 2 rings (SSSR count). The minimum atomic E-state index is -4.43. The Labute approximate surface area is 130 Å². The first-order valence-corrected chi connectivity index (χ1v) is 6.55. The van der Waals surface area contributed by atoms with Crippen molar-refractivity contribution in [2.75, 3.05) is 11.9 Å². The molecule has 0 spiro atoms. The van der Waals surface area contributed by atoms with Crippen LogP contribution in [0.5, 0.6) is 0 Å². The molecule has 23 heavy (non-hydrogen) atoms. The molecule has 0 radical (unpaired) electrons. The average molecular weight is 322 g/mol. The van der Waals surface area contributed by atoms with Crippen LogP contribution in [0.25, 0.3) is 0 Å². The number of aromatic nitrogens is 2. The summed E-state index contributed by atoms with van der Waals surface area (Å²) in [5.74, 6) is -0.220. The Kier molecular flexibility index (Phi) is 4.95. The van der Waals surface area contributed by atoms with Gasteiger partial charge in [0.1, 0.15) is 17.8 Å². The zero-order valence-electron chi connectivity index (χ0n) is 11.9. The van der Waals surface area contributed by atoms with Crippen LogP contribution in [-0.4, -0.2) is 22.4 Å². The van der Waals surface area contributed by atoms with E-state index in [9.17, 15) is 18.0 Å². The molecule has 0 unspecified atom stereocenters. The second kappa shape index (κ2) is 6.91. The Morgan fingerprint density at radius 2 is 2.04 bits per heavy atom. The highest BCUT2D eigenvalue weighted by atomic mass is 19.4. The van der Waals surface area contributed by atoms with Gasteiger partial charge in [0.05, 0.1) is 5.56 Å². The highest BCUT2D eigenvalue weighted by Gasteiger charge is 2.30. The molecule has 0 aliphatic carbocycles. The van der Waals surface area contributed by atoms with Crippen molar-refractivity contribution in [3.8, 4) is 0 Å². The van der Waals surface area contributed by atoms with Crippen LogP contribution < -0.4 is 10.6 Å². The summed E-state index contributed by atoms with van der Waals surface area (Å²) >= 11 is 0. The van der Waals surface area contributed by atoms with Crippen LogP contribution in [0.15, 0.2) is 49.3 Å². The van der Waals surface area contributed by atoms with E-state index in [0.29, 0.717) is 0 Å². The van der Waals surface area contributed by atoms with Crippen LogP contribution >= 0.6 is 0 Å². The second-order valence-electron chi connectivity index (χ2n) is 4.49. The van der Waals surface area contributed by atoms with Gasteiger partial charge in [-0.25, -0.2) is 9.97 Å². The van der Waals surface area contributed by atoms with E-state index in [2.05, 4.69) is 27.2 Å². The molecule has 1 aromatic carbocycles. The molecular weight excluding hydrogens is 309 g/mol. The van der Waals surface area contributed by atoms with Gasteiger partial charge in [0.15, 0.2) is 0 Å². The van der Waals surface area contributed by atoms with Gasteiger partial charge < -0.3 is 10.6 Å². The van der Waals surface area contributed by atoms with Crippen LogP contribution in [0.4, 0.5) is 24.7 Å². The van der Waals surface area contributed by atoms with E-state index in [1.807, 2.05) is 0 Å². The molecule has 1 amide bonds. The maximum absolute atomic E-state index is 12.7. The zero-order chi connectivity index (χ0) is 16.9. The van der Waals surface area contributed by atoms with E-state index in [0.717, 1.165) is 18.5 Å². The Hall–Kier alpha value is -2.90. The summed E-state index contributed by atoms with van der Waals surface area (Å²) in [7, 11) is 0. The molecular formula is C15H13F3N4O. The number of benzene rings is 1. The van der Waals surface area contributed by atoms with Crippen molar-refractivity contribution in [2.24, 2.45) is 0 Å². The van der Waals surface area contributed by atoms with E-state index in [4.69, 9.17) is 0 Å². The summed E-state index contributed by atoms with van der Waals surface area (Å²) in [6.07, 6.45) is -1.77. The number of nitrogens with one attached hydrogen (secondary N) is 2. The van der Waals surface area contributed by atoms with Gasteiger partial charge in [0.25, 0.3) is 5.91 Å². The Bertz CT molecular complexity index is 716. The van der Waals surface area contributed by atoms with Crippen molar-refractivity contribution < 1.29 is 18.0 Å². The molecule has 0 bridgehead atoms. The fourth-order valence-electron chi connectivity index (χ4n) is 1.73. The summed E-state index contributed by atoms with van der Waals surface area (Å²) in [6, 6.07) is 6.02. The molecule has 0 atom stereocenters. The predicted octanol–water partition coefficient (Wildman–Crippen LogP) is 3.15. The minimum Gasteiger partial charge on any atom is -0.347 e. The summed E-state index contributed by atoms with van der Waals surface area (Å²) in [6.45, 7) is 3.75. The lowest BCUT2D eigenvalue weighted by Crippen LogP contribution is -2.24. The average Bonchev–Trinajstić information content (AvgIpc) is 2.52. The molecule has 8 heteroatoms. The lowest BCUT2D eigenvalue weighted by Gasteiger charge is -2.10. The molecule has 0 saturated carbocycles. The smallest absolute Gasteiger partial charge is 0.347 e. The largest absolute Gasteiger partial charge is 0.416 e. The van der Waals surface area contributed by atoms with Crippen LogP contribution in [0.3, 0.4) is 0 Å². The standard InChI is InChI=1S/C15H13F3N4O/c1-2-6-19-14(23)12-8-13(21-9-20-12)22-11-5-3-4-10(7-11)15(16,17)18/h2-5,7-9H,1,6H2,(H,19,23)(H,20,21,22). The molecule has 1 aromatic heterocycles. The first kappa shape index (κ1) is 16.5. The van der Waals surface area contributed by atoms with Gasteiger partial charge in [0.2, 0.25) is 0 Å². The van der Waals surface area contributed by atoms with E-state index >= 15 is 0 Å². The number of rotatable bonds is 5. The highest BCUT2D eigenvalue weighted by Crippen LogP contribution is 2.31. The fraction of sp³-hybridized carbons (Fsp3) is 0.133. The number of alkyl halides is 3. The number of carbonyl (C=O) groups excluding carboxylic acids is 1. The van der Waals surface area contributed by atoms with Gasteiger partial charge >= 0.3 is 6.18 Å². The third kappa shape index (κ3) is 4.53. The Balaban J connectivity index is 2.18. The van der Waals surface area contributed by atoms with E-state index in [-0.39, 0.29) is 23.7 Å². The van der Waals surface area contributed by atoms with Crippen LogP contribution in [0.2, 0.25) is 0 Å². The van der Waals surface area contributed by atoms with Crippen molar-refractivity contribution >= 4 is 17.4 Å². The lowest BCUT2D eigenvalue weighted by molar-refractivity contribution is -0.137. The third-order valence-corrected chi connectivity index (χ3v) is 2.77. The number of anilines is 2. The number of hydrogen-bond acceptors (Lipinski definition) is 4. The van der Waals surface area contributed by atoms with E-state index in [1.54, 1.807) is 0 Å². The summed E-state index contributed by atoms with van der Waals surface area (Å²) in [5, 5.41) is 5.26. The van der Waals surface area contributed by atoms with Gasteiger partial charge in [-0.15, -0.1) is 6.58 Å². The number of nitrogens with zero attached hydrogens (tertiary/aromatic N) is 2. The molecule has 2 aromatic rings. The number of hydrogen-bond donors (Lipinski definition) is 2. The molecule has 120 valence electrons. The molecule has 1 heterocycles. The molecule has 0 aliphatic heterocycles. The van der Waals surface area contributed by atoms with Crippen molar-refractivity contribution in [3.63, 3.8) is 0 Å². The maximum Gasteiger partial charge on any atom is 0.416 e. The predicted molar refractivity (Wildman–Crippen MR) is 79.3 cm³/mol. The molecule has 5 nitrogen and oxygen atoms in total.